The molecule has 5 rings (SSSR count). The van der Waals surface area contributed by atoms with E-state index in [1.165, 1.54) is 24.5 Å². The fourth-order valence-corrected chi connectivity index (χ4v) is 5.59. The summed E-state index contributed by atoms with van der Waals surface area (Å²) in [6.07, 6.45) is 10.7. The maximum Gasteiger partial charge on any atom is 0.255 e. The minimum Gasteiger partial charge on any atom is -0.472 e. The van der Waals surface area contributed by atoms with Gasteiger partial charge in [-0.1, -0.05) is 67.8 Å². The summed E-state index contributed by atoms with van der Waals surface area (Å²) in [6.45, 7) is 2.35. The van der Waals surface area contributed by atoms with Gasteiger partial charge in [0.25, 0.3) is 5.91 Å². The van der Waals surface area contributed by atoms with Crippen LogP contribution in [0.5, 0.6) is 0 Å². The fourth-order valence-electron chi connectivity index (χ4n) is 5.59. The van der Waals surface area contributed by atoms with E-state index in [1.54, 1.807) is 13.0 Å². The molecular formula is C30H33N3O3. The van der Waals surface area contributed by atoms with E-state index in [1.807, 2.05) is 36.5 Å². The molecule has 3 N–H and O–H groups in total. The molecule has 0 aliphatic heterocycles. The topological polar surface area (TPSA) is 87.1 Å². The number of carbonyl (C=O) groups excluding carboxylic acids is 2. The molecule has 2 amide bonds. The number of hydrogen-bond donors (Lipinski definition) is 3. The van der Waals surface area contributed by atoms with E-state index < -0.39 is 5.54 Å². The van der Waals surface area contributed by atoms with E-state index in [2.05, 4.69) is 39.9 Å². The van der Waals surface area contributed by atoms with Crippen molar-refractivity contribution in [1.82, 2.24) is 15.6 Å². The van der Waals surface area contributed by atoms with Gasteiger partial charge in [0.2, 0.25) is 5.91 Å². The van der Waals surface area contributed by atoms with Crippen molar-refractivity contribution >= 4 is 22.7 Å². The third kappa shape index (κ3) is 4.81. The number of para-hydroxylation sites is 1. The van der Waals surface area contributed by atoms with Crippen LogP contribution in [-0.4, -0.2) is 28.9 Å². The van der Waals surface area contributed by atoms with Gasteiger partial charge < -0.3 is 20.0 Å². The summed E-state index contributed by atoms with van der Waals surface area (Å²) in [5.41, 5.74) is 2.39. The number of nitrogens with one attached hydrogen (secondary N) is 3. The molecule has 6 heteroatoms. The van der Waals surface area contributed by atoms with Crippen LogP contribution in [0.4, 0.5) is 0 Å². The molecule has 1 aliphatic rings. The number of aromatic amines is 1. The van der Waals surface area contributed by atoms with Crippen LogP contribution in [0.3, 0.4) is 0 Å². The van der Waals surface area contributed by atoms with Gasteiger partial charge >= 0.3 is 0 Å². The smallest absolute Gasteiger partial charge is 0.255 e. The number of H-pyrrole nitrogens is 1. The highest BCUT2D eigenvalue weighted by Gasteiger charge is 2.39. The van der Waals surface area contributed by atoms with Gasteiger partial charge in [0.15, 0.2) is 0 Å². The number of hydrogen-bond acceptors (Lipinski definition) is 3. The first-order valence-corrected chi connectivity index (χ1v) is 12.7. The Morgan fingerprint density at radius 3 is 2.50 bits per heavy atom. The Morgan fingerprint density at radius 2 is 1.75 bits per heavy atom. The van der Waals surface area contributed by atoms with Crippen LogP contribution in [-0.2, 0) is 16.6 Å². The van der Waals surface area contributed by atoms with Gasteiger partial charge in [0, 0.05) is 35.5 Å². The van der Waals surface area contributed by atoms with Crippen molar-refractivity contribution in [3.8, 4) is 0 Å². The molecule has 0 bridgehead atoms. The second-order valence-corrected chi connectivity index (χ2v) is 10.2. The summed E-state index contributed by atoms with van der Waals surface area (Å²) in [5, 5.41) is 7.31. The second-order valence-electron chi connectivity index (χ2n) is 10.2. The first kappa shape index (κ1) is 23.9. The summed E-state index contributed by atoms with van der Waals surface area (Å²) in [5.74, 6) is -0.526. The van der Waals surface area contributed by atoms with Gasteiger partial charge in [0.1, 0.15) is 11.8 Å². The third-order valence-corrected chi connectivity index (χ3v) is 7.68. The largest absolute Gasteiger partial charge is 0.472 e. The van der Waals surface area contributed by atoms with E-state index in [0.717, 1.165) is 42.1 Å². The van der Waals surface area contributed by atoms with Gasteiger partial charge in [-0.2, -0.15) is 0 Å². The molecule has 4 aromatic rings. The van der Waals surface area contributed by atoms with Gasteiger partial charge in [-0.05, 0) is 43.0 Å². The Morgan fingerprint density at radius 1 is 1.00 bits per heavy atom. The quantitative estimate of drug-likeness (QED) is 0.309. The lowest BCUT2D eigenvalue weighted by Gasteiger charge is -2.39. The third-order valence-electron chi connectivity index (χ3n) is 7.68. The molecule has 1 atom stereocenters. The van der Waals surface area contributed by atoms with Crippen LogP contribution in [0.15, 0.2) is 83.8 Å². The van der Waals surface area contributed by atoms with Gasteiger partial charge in [0.05, 0.1) is 11.8 Å². The molecule has 2 aromatic carbocycles. The van der Waals surface area contributed by atoms with E-state index in [4.69, 9.17) is 4.42 Å². The molecule has 2 heterocycles. The summed E-state index contributed by atoms with van der Waals surface area (Å²) in [6, 6.07) is 20.1. The Bertz CT molecular complexity index is 1320. The number of furan rings is 1. The number of benzene rings is 2. The summed E-state index contributed by atoms with van der Waals surface area (Å²) >= 11 is 0. The average molecular weight is 484 g/mol. The number of carbonyl (C=O) groups is 2. The molecule has 1 fully saturated rings. The normalized spacial score (nSPS) is 16.8. The highest BCUT2D eigenvalue weighted by molar-refractivity contribution is 5.99. The van der Waals surface area contributed by atoms with Crippen molar-refractivity contribution in [3.05, 3.63) is 96.1 Å². The summed E-state index contributed by atoms with van der Waals surface area (Å²) < 4.78 is 5.10. The average Bonchev–Trinajstić information content (AvgIpc) is 3.59. The molecule has 0 radical (unpaired) electrons. The second kappa shape index (κ2) is 10.1. The van der Waals surface area contributed by atoms with E-state index in [9.17, 15) is 9.59 Å². The van der Waals surface area contributed by atoms with Crippen molar-refractivity contribution in [2.24, 2.45) is 0 Å². The SMILES string of the molecule is CC(Cc1c[nH]c2ccccc12)(NC(=O)c1ccoc1)C(=O)NCC1(c2ccccc2)CCCCC1. The van der Waals surface area contributed by atoms with E-state index >= 15 is 0 Å². The Labute approximate surface area is 211 Å². The molecule has 36 heavy (non-hydrogen) atoms. The molecule has 6 nitrogen and oxygen atoms in total. The molecule has 0 saturated heterocycles. The summed E-state index contributed by atoms with van der Waals surface area (Å²) in [4.78, 5) is 30.2. The molecule has 2 aromatic heterocycles. The fraction of sp³-hybridized carbons (Fsp3) is 0.333. The monoisotopic (exact) mass is 483 g/mol. The highest BCUT2D eigenvalue weighted by atomic mass is 16.3. The molecule has 1 saturated carbocycles. The minimum atomic E-state index is -1.16. The van der Waals surface area contributed by atoms with Crippen molar-refractivity contribution in [3.63, 3.8) is 0 Å². The standard InChI is InChI=1S/C30H33N3O3/c1-29(33-27(34)22-14-17-36-20-22,18-23-19-31-26-13-7-6-12-25(23)26)28(35)32-21-30(15-8-3-9-16-30)24-10-4-2-5-11-24/h2,4-7,10-14,17,19-20,31H,3,8-9,15-16,18,21H2,1H3,(H,32,35)(H,33,34). The minimum absolute atomic E-state index is 0.0918. The summed E-state index contributed by atoms with van der Waals surface area (Å²) in [7, 11) is 0. The van der Waals surface area contributed by atoms with Crippen molar-refractivity contribution in [2.75, 3.05) is 6.54 Å². The molecule has 0 spiro atoms. The lowest BCUT2D eigenvalue weighted by atomic mass is 9.69. The van der Waals surface area contributed by atoms with Crippen molar-refractivity contribution < 1.29 is 14.0 Å². The predicted octanol–water partition coefficient (Wildman–Crippen LogP) is 5.51. The van der Waals surface area contributed by atoms with E-state index in [-0.39, 0.29) is 17.2 Å². The van der Waals surface area contributed by atoms with E-state index in [0.29, 0.717) is 18.5 Å². The van der Waals surface area contributed by atoms with Crippen LogP contribution in [0.2, 0.25) is 0 Å². The lowest BCUT2D eigenvalue weighted by Crippen LogP contribution is -2.59. The predicted molar refractivity (Wildman–Crippen MR) is 141 cm³/mol. The Balaban J connectivity index is 1.42. The van der Waals surface area contributed by atoms with Crippen molar-refractivity contribution in [1.29, 1.82) is 0 Å². The number of rotatable bonds is 8. The number of amides is 2. The number of fused-ring (bicyclic) bond motifs is 1. The van der Waals surface area contributed by atoms with Crippen LogP contribution >= 0.6 is 0 Å². The molecule has 1 unspecified atom stereocenters. The number of aromatic nitrogens is 1. The molecular weight excluding hydrogens is 450 g/mol. The highest BCUT2D eigenvalue weighted by Crippen LogP contribution is 2.39. The first-order valence-electron chi connectivity index (χ1n) is 12.7. The zero-order chi connectivity index (χ0) is 25.0. The maximum absolute atomic E-state index is 13.9. The zero-order valence-corrected chi connectivity index (χ0v) is 20.7. The molecule has 186 valence electrons. The van der Waals surface area contributed by atoms with Gasteiger partial charge in [-0.3, -0.25) is 9.59 Å². The van der Waals surface area contributed by atoms with Crippen LogP contribution in [0, 0.1) is 0 Å². The van der Waals surface area contributed by atoms with Crippen LogP contribution < -0.4 is 10.6 Å². The maximum atomic E-state index is 13.9. The Hall–Kier alpha value is -3.80. The van der Waals surface area contributed by atoms with Crippen molar-refractivity contribution in [2.45, 2.75) is 56.4 Å². The Kier molecular flexibility index (Phi) is 6.68. The zero-order valence-electron chi connectivity index (χ0n) is 20.7. The molecule has 1 aliphatic carbocycles. The lowest BCUT2D eigenvalue weighted by molar-refractivity contribution is -0.127. The first-order chi connectivity index (χ1) is 17.5. The van der Waals surface area contributed by atoms with Gasteiger partial charge in [-0.15, -0.1) is 0 Å². The van der Waals surface area contributed by atoms with Crippen LogP contribution in [0.1, 0.15) is 60.5 Å². The van der Waals surface area contributed by atoms with Gasteiger partial charge in [-0.25, -0.2) is 0 Å². The van der Waals surface area contributed by atoms with Crippen LogP contribution in [0.25, 0.3) is 10.9 Å².